The van der Waals surface area contributed by atoms with Gasteiger partial charge in [-0.25, -0.2) is 4.79 Å². The highest BCUT2D eigenvalue weighted by molar-refractivity contribution is 6.30. The maximum absolute atomic E-state index is 13.2. The van der Waals surface area contributed by atoms with Crippen molar-refractivity contribution >= 4 is 29.0 Å². The number of urea groups is 1. The molecule has 2 aromatic carbocycles. The largest absolute Gasteiger partial charge is 0.326 e. The SMILES string of the molecule is Cc1ccccc1N(Cc1nnc2n1CCCCC2)C(=O)Nc1ccc(Cl)cc1. The lowest BCUT2D eigenvalue weighted by Crippen LogP contribution is -2.36. The molecule has 29 heavy (non-hydrogen) atoms. The first kappa shape index (κ1) is 19.5. The van der Waals surface area contributed by atoms with E-state index >= 15 is 0 Å². The summed E-state index contributed by atoms with van der Waals surface area (Å²) in [7, 11) is 0. The molecule has 1 N–H and O–H groups in total. The highest BCUT2D eigenvalue weighted by Crippen LogP contribution is 2.24. The Hall–Kier alpha value is -2.86. The van der Waals surface area contributed by atoms with Gasteiger partial charge in [0.25, 0.3) is 0 Å². The number of carbonyl (C=O) groups is 1. The van der Waals surface area contributed by atoms with Crippen LogP contribution >= 0.6 is 11.6 Å². The number of nitrogens with one attached hydrogen (secondary N) is 1. The van der Waals surface area contributed by atoms with Crippen LogP contribution in [0.25, 0.3) is 0 Å². The number of hydrogen-bond donors (Lipinski definition) is 1. The van der Waals surface area contributed by atoms with E-state index in [-0.39, 0.29) is 6.03 Å². The van der Waals surface area contributed by atoms with E-state index in [0.717, 1.165) is 48.7 Å². The van der Waals surface area contributed by atoms with Gasteiger partial charge in [0, 0.05) is 29.4 Å². The highest BCUT2D eigenvalue weighted by atomic mass is 35.5. The number of carbonyl (C=O) groups excluding carboxylic acids is 1. The number of aromatic nitrogens is 3. The Morgan fingerprint density at radius 2 is 1.90 bits per heavy atom. The Kier molecular flexibility index (Phi) is 5.81. The van der Waals surface area contributed by atoms with Gasteiger partial charge in [-0.15, -0.1) is 10.2 Å². The Bertz CT molecular complexity index is 999. The summed E-state index contributed by atoms with van der Waals surface area (Å²) in [6.07, 6.45) is 4.38. The zero-order valence-corrected chi connectivity index (χ0v) is 17.2. The Morgan fingerprint density at radius 3 is 2.69 bits per heavy atom. The lowest BCUT2D eigenvalue weighted by atomic mass is 10.2. The summed E-state index contributed by atoms with van der Waals surface area (Å²) in [6.45, 7) is 3.26. The smallest absolute Gasteiger partial charge is 0.313 e. The molecule has 0 saturated heterocycles. The minimum Gasteiger partial charge on any atom is -0.313 e. The van der Waals surface area contributed by atoms with Gasteiger partial charge in [0.1, 0.15) is 5.82 Å². The van der Waals surface area contributed by atoms with Gasteiger partial charge in [0.15, 0.2) is 5.82 Å². The first-order valence-corrected chi connectivity index (χ1v) is 10.3. The van der Waals surface area contributed by atoms with E-state index in [1.165, 1.54) is 6.42 Å². The maximum atomic E-state index is 13.2. The molecule has 3 aromatic rings. The quantitative estimate of drug-likeness (QED) is 0.643. The van der Waals surface area contributed by atoms with Gasteiger partial charge in [-0.05, 0) is 55.7 Å². The molecule has 4 rings (SSSR count). The van der Waals surface area contributed by atoms with Crippen molar-refractivity contribution in [1.82, 2.24) is 14.8 Å². The maximum Gasteiger partial charge on any atom is 0.326 e. The van der Waals surface area contributed by atoms with Crippen LogP contribution in [0, 0.1) is 6.92 Å². The van der Waals surface area contributed by atoms with Crippen molar-refractivity contribution < 1.29 is 4.79 Å². The average molecular weight is 410 g/mol. The zero-order chi connectivity index (χ0) is 20.2. The molecule has 0 spiro atoms. The van der Waals surface area contributed by atoms with Crippen molar-refractivity contribution in [3.05, 3.63) is 70.8 Å². The van der Waals surface area contributed by atoms with E-state index in [1.54, 1.807) is 29.2 Å². The van der Waals surface area contributed by atoms with Gasteiger partial charge in [-0.1, -0.05) is 36.2 Å². The molecule has 0 unspecified atom stereocenters. The number of benzene rings is 2. The average Bonchev–Trinajstić information content (AvgIpc) is 2.94. The van der Waals surface area contributed by atoms with Crippen molar-refractivity contribution in [1.29, 1.82) is 0 Å². The van der Waals surface area contributed by atoms with Crippen molar-refractivity contribution in [3.63, 3.8) is 0 Å². The number of anilines is 2. The Labute approximate surface area is 175 Å². The second kappa shape index (κ2) is 8.66. The fraction of sp³-hybridized carbons (Fsp3) is 0.318. The van der Waals surface area contributed by atoms with Crippen LogP contribution in [-0.2, 0) is 19.5 Å². The summed E-state index contributed by atoms with van der Waals surface area (Å²) in [5, 5.41) is 12.4. The third-order valence-corrected chi connectivity index (χ3v) is 5.48. The standard InChI is InChI=1S/C22H24ClN5O/c1-16-7-4-5-8-19(16)28(22(29)24-18-12-10-17(23)11-13-18)15-21-26-25-20-9-3-2-6-14-27(20)21/h4-5,7-8,10-13H,2-3,6,9,14-15H2,1H3,(H,24,29). The number of hydrogen-bond acceptors (Lipinski definition) is 3. The third-order valence-electron chi connectivity index (χ3n) is 5.23. The van der Waals surface area contributed by atoms with Gasteiger partial charge in [-0.2, -0.15) is 0 Å². The minimum absolute atomic E-state index is 0.215. The molecule has 1 aliphatic heterocycles. The number of nitrogens with zero attached hydrogens (tertiary/aromatic N) is 4. The van der Waals surface area contributed by atoms with Crippen LogP contribution in [0.15, 0.2) is 48.5 Å². The molecule has 2 amide bonds. The Morgan fingerprint density at radius 1 is 1.10 bits per heavy atom. The van der Waals surface area contributed by atoms with E-state index in [4.69, 9.17) is 11.6 Å². The molecule has 1 aromatic heterocycles. The van der Waals surface area contributed by atoms with Crippen LogP contribution in [0.1, 0.15) is 36.5 Å². The molecule has 150 valence electrons. The molecule has 7 heteroatoms. The molecule has 0 saturated carbocycles. The topological polar surface area (TPSA) is 63.1 Å². The fourth-order valence-corrected chi connectivity index (χ4v) is 3.79. The number of rotatable bonds is 4. The third kappa shape index (κ3) is 4.43. The number of amides is 2. The second-order valence-corrected chi connectivity index (χ2v) is 7.74. The van der Waals surface area contributed by atoms with Crippen molar-refractivity contribution in [2.24, 2.45) is 0 Å². The lowest BCUT2D eigenvalue weighted by molar-refractivity contribution is 0.256. The summed E-state index contributed by atoms with van der Waals surface area (Å²) >= 11 is 5.96. The predicted octanol–water partition coefficient (Wildman–Crippen LogP) is 5.21. The molecule has 0 fully saturated rings. The van der Waals surface area contributed by atoms with Crippen LogP contribution in [0.2, 0.25) is 5.02 Å². The summed E-state index contributed by atoms with van der Waals surface area (Å²) in [5.74, 6) is 1.83. The number of fused-ring (bicyclic) bond motifs is 1. The fourth-order valence-electron chi connectivity index (χ4n) is 3.66. The van der Waals surface area contributed by atoms with Crippen LogP contribution in [0.4, 0.5) is 16.2 Å². The summed E-state index contributed by atoms with van der Waals surface area (Å²) < 4.78 is 2.17. The first-order valence-electron chi connectivity index (χ1n) is 9.92. The highest BCUT2D eigenvalue weighted by Gasteiger charge is 2.23. The zero-order valence-electron chi connectivity index (χ0n) is 16.4. The van der Waals surface area contributed by atoms with Crippen LogP contribution in [-0.4, -0.2) is 20.8 Å². The van der Waals surface area contributed by atoms with Gasteiger partial charge in [0.2, 0.25) is 0 Å². The van der Waals surface area contributed by atoms with Crippen molar-refractivity contribution in [2.75, 3.05) is 10.2 Å². The lowest BCUT2D eigenvalue weighted by Gasteiger charge is -2.25. The normalized spacial score (nSPS) is 13.4. The van der Waals surface area contributed by atoms with Crippen LogP contribution in [0.5, 0.6) is 0 Å². The van der Waals surface area contributed by atoms with E-state index in [1.807, 2.05) is 31.2 Å². The molecule has 0 bridgehead atoms. The van der Waals surface area contributed by atoms with Gasteiger partial charge in [0.05, 0.1) is 6.54 Å². The molecular weight excluding hydrogens is 386 g/mol. The second-order valence-electron chi connectivity index (χ2n) is 7.30. The number of halogens is 1. The van der Waals surface area contributed by atoms with Crippen LogP contribution in [0.3, 0.4) is 0 Å². The van der Waals surface area contributed by atoms with Gasteiger partial charge >= 0.3 is 6.03 Å². The number of aryl methyl sites for hydroxylation is 2. The van der Waals surface area contributed by atoms with Gasteiger partial charge < -0.3 is 9.88 Å². The predicted molar refractivity (Wildman–Crippen MR) is 115 cm³/mol. The molecule has 0 aliphatic carbocycles. The van der Waals surface area contributed by atoms with E-state index in [0.29, 0.717) is 17.3 Å². The molecule has 6 nitrogen and oxygen atoms in total. The summed E-state index contributed by atoms with van der Waals surface area (Å²) in [4.78, 5) is 15.0. The van der Waals surface area contributed by atoms with Crippen molar-refractivity contribution in [2.45, 2.75) is 45.7 Å². The van der Waals surface area contributed by atoms with Crippen LogP contribution < -0.4 is 10.2 Å². The molecule has 2 heterocycles. The minimum atomic E-state index is -0.215. The molecular formula is C22H24ClN5O. The molecule has 1 aliphatic rings. The van der Waals surface area contributed by atoms with E-state index < -0.39 is 0 Å². The summed E-state index contributed by atoms with van der Waals surface area (Å²) in [5.41, 5.74) is 2.57. The van der Waals surface area contributed by atoms with Crippen molar-refractivity contribution in [3.8, 4) is 0 Å². The number of para-hydroxylation sites is 1. The monoisotopic (exact) mass is 409 g/mol. The van der Waals surface area contributed by atoms with E-state index in [9.17, 15) is 4.79 Å². The summed E-state index contributed by atoms with van der Waals surface area (Å²) in [6, 6.07) is 14.7. The Balaban J connectivity index is 1.64. The molecule has 0 atom stereocenters. The first-order chi connectivity index (χ1) is 14.1. The molecule has 0 radical (unpaired) electrons. The van der Waals surface area contributed by atoms with Gasteiger partial charge in [-0.3, -0.25) is 4.90 Å². The van der Waals surface area contributed by atoms with E-state index in [2.05, 4.69) is 20.1 Å².